The Morgan fingerprint density at radius 2 is 1.96 bits per heavy atom. The first-order valence-corrected chi connectivity index (χ1v) is 8.95. The smallest absolute Gasteiger partial charge is 0.331 e. The van der Waals surface area contributed by atoms with Crippen LogP contribution in [0, 0.1) is 5.41 Å². The minimum atomic E-state index is -0.432. The topological polar surface area (TPSA) is 46.5 Å². The van der Waals surface area contributed by atoms with E-state index in [0.717, 1.165) is 11.1 Å². The zero-order valence-corrected chi connectivity index (χ0v) is 16.3. The van der Waals surface area contributed by atoms with Crippen LogP contribution in [0.4, 0.5) is 0 Å². The molecule has 0 radical (unpaired) electrons. The summed E-state index contributed by atoms with van der Waals surface area (Å²) in [5.41, 5.74) is 5.18. The van der Waals surface area contributed by atoms with Gasteiger partial charge in [0, 0.05) is 6.08 Å². The molecule has 0 spiro atoms. The van der Waals surface area contributed by atoms with E-state index in [4.69, 9.17) is 9.84 Å². The number of aliphatic hydroxyl groups is 1. The van der Waals surface area contributed by atoms with Crippen LogP contribution in [0.25, 0.3) is 0 Å². The van der Waals surface area contributed by atoms with Crippen molar-refractivity contribution in [1.29, 1.82) is 0 Å². The maximum absolute atomic E-state index is 11.4. The largest absolute Gasteiger partial charge is 0.460 e. The number of carbonyl (C=O) groups excluding carboxylic acids is 1. The third-order valence-corrected chi connectivity index (χ3v) is 4.45. The van der Waals surface area contributed by atoms with Gasteiger partial charge < -0.3 is 9.84 Å². The first kappa shape index (κ1) is 21.2. The van der Waals surface area contributed by atoms with Crippen LogP contribution in [-0.4, -0.2) is 24.3 Å². The normalized spacial score (nSPS) is 19.1. The second-order valence-electron chi connectivity index (χ2n) is 7.31. The van der Waals surface area contributed by atoms with Crippen molar-refractivity contribution in [2.24, 2.45) is 5.41 Å². The molecule has 25 heavy (non-hydrogen) atoms. The number of allylic oxidation sites excluding steroid dienone is 9. The van der Waals surface area contributed by atoms with Crippen molar-refractivity contribution in [3.63, 3.8) is 0 Å². The average Bonchev–Trinajstić information content (AvgIpc) is 2.51. The molecule has 1 rings (SSSR count). The lowest BCUT2D eigenvalue weighted by Gasteiger charge is -2.32. The Kier molecular flexibility index (Phi) is 8.64. The molecule has 0 unspecified atom stereocenters. The van der Waals surface area contributed by atoms with Crippen molar-refractivity contribution in [2.75, 3.05) is 13.2 Å². The summed E-state index contributed by atoms with van der Waals surface area (Å²) < 4.78 is 4.79. The van der Waals surface area contributed by atoms with Crippen LogP contribution in [0.3, 0.4) is 0 Å². The van der Waals surface area contributed by atoms with E-state index in [0.29, 0.717) is 0 Å². The highest BCUT2D eigenvalue weighted by Crippen LogP contribution is 2.40. The molecular formula is C22H32O3. The summed E-state index contributed by atoms with van der Waals surface area (Å²) in [5.74, 6) is -0.432. The molecule has 1 aliphatic rings. The first-order chi connectivity index (χ1) is 11.8. The maximum atomic E-state index is 11.4. The van der Waals surface area contributed by atoms with Crippen LogP contribution in [0.15, 0.2) is 58.7 Å². The highest BCUT2D eigenvalue weighted by molar-refractivity contribution is 5.83. The van der Waals surface area contributed by atoms with E-state index in [1.165, 1.54) is 36.5 Å². The Morgan fingerprint density at radius 3 is 2.60 bits per heavy atom. The van der Waals surface area contributed by atoms with Crippen LogP contribution < -0.4 is 0 Å². The molecule has 3 nitrogen and oxygen atoms in total. The second kappa shape index (κ2) is 10.2. The van der Waals surface area contributed by atoms with Crippen molar-refractivity contribution in [3.8, 4) is 0 Å². The summed E-state index contributed by atoms with van der Waals surface area (Å²) in [4.78, 5) is 11.4. The van der Waals surface area contributed by atoms with Gasteiger partial charge in [-0.15, -0.1) is 0 Å². The molecule has 3 heteroatoms. The zero-order valence-electron chi connectivity index (χ0n) is 16.3. The number of esters is 1. The van der Waals surface area contributed by atoms with Gasteiger partial charge in [-0.1, -0.05) is 55.4 Å². The van der Waals surface area contributed by atoms with E-state index in [9.17, 15) is 4.79 Å². The number of hydrogen-bond acceptors (Lipinski definition) is 3. The minimum absolute atomic E-state index is 0.0295. The highest BCUT2D eigenvalue weighted by Gasteiger charge is 2.26. The molecule has 0 aromatic rings. The van der Waals surface area contributed by atoms with Gasteiger partial charge in [0.25, 0.3) is 0 Å². The number of aliphatic hydroxyl groups excluding tert-OH is 1. The van der Waals surface area contributed by atoms with E-state index >= 15 is 0 Å². The van der Waals surface area contributed by atoms with Gasteiger partial charge in [0.1, 0.15) is 6.61 Å². The van der Waals surface area contributed by atoms with Gasteiger partial charge in [-0.2, -0.15) is 0 Å². The molecule has 0 heterocycles. The zero-order chi connectivity index (χ0) is 18.9. The molecule has 1 N–H and O–H groups in total. The lowest BCUT2D eigenvalue weighted by atomic mass is 9.72. The quantitative estimate of drug-likeness (QED) is 0.399. The molecule has 0 aliphatic heterocycles. The predicted molar refractivity (Wildman–Crippen MR) is 104 cm³/mol. The third-order valence-electron chi connectivity index (χ3n) is 4.45. The van der Waals surface area contributed by atoms with Crippen LogP contribution in [0.5, 0.6) is 0 Å². The highest BCUT2D eigenvalue weighted by atomic mass is 16.5. The van der Waals surface area contributed by atoms with E-state index in [1.54, 1.807) is 0 Å². The fourth-order valence-electron chi connectivity index (χ4n) is 3.05. The Bertz CT molecular complexity index is 613. The molecular weight excluding hydrogens is 312 g/mol. The molecule has 0 bridgehead atoms. The van der Waals surface area contributed by atoms with Crippen LogP contribution in [0.1, 0.15) is 53.9 Å². The Morgan fingerprint density at radius 1 is 1.24 bits per heavy atom. The molecule has 0 atom stereocenters. The lowest BCUT2D eigenvalue weighted by molar-refractivity contribution is -0.138. The predicted octanol–water partition coefficient (Wildman–Crippen LogP) is 5.05. The van der Waals surface area contributed by atoms with Crippen molar-refractivity contribution in [3.05, 3.63) is 58.7 Å². The summed E-state index contributed by atoms with van der Waals surface area (Å²) in [6, 6.07) is 0. The summed E-state index contributed by atoms with van der Waals surface area (Å²) in [6.07, 6.45) is 15.4. The van der Waals surface area contributed by atoms with Gasteiger partial charge in [-0.05, 0) is 56.6 Å². The molecule has 1 aliphatic carbocycles. The van der Waals surface area contributed by atoms with Crippen molar-refractivity contribution in [2.45, 2.75) is 53.9 Å². The lowest BCUT2D eigenvalue weighted by Crippen LogP contribution is -2.19. The fourth-order valence-corrected chi connectivity index (χ4v) is 3.05. The fraction of sp³-hybridized carbons (Fsp3) is 0.500. The summed E-state index contributed by atoms with van der Waals surface area (Å²) in [7, 11) is 0. The summed E-state index contributed by atoms with van der Waals surface area (Å²) in [6.45, 7) is 10.7. The molecule has 138 valence electrons. The van der Waals surface area contributed by atoms with Gasteiger partial charge in [-0.25, -0.2) is 4.79 Å². The maximum Gasteiger partial charge on any atom is 0.331 e. The van der Waals surface area contributed by atoms with E-state index in [2.05, 4.69) is 39.8 Å². The van der Waals surface area contributed by atoms with Crippen molar-refractivity contribution in [1.82, 2.24) is 0 Å². The van der Waals surface area contributed by atoms with Crippen LogP contribution >= 0.6 is 0 Å². The summed E-state index contributed by atoms with van der Waals surface area (Å²) >= 11 is 0. The number of rotatable bonds is 7. The SMILES string of the molecule is CC1=C(/C=C/C(C)=C\C=C\C(C)=C\C(=O)OCCO)C(C)(C)CCC1. The van der Waals surface area contributed by atoms with Gasteiger partial charge in [0.15, 0.2) is 0 Å². The van der Waals surface area contributed by atoms with Gasteiger partial charge in [0.05, 0.1) is 6.61 Å². The first-order valence-electron chi connectivity index (χ1n) is 8.95. The molecule has 0 amide bonds. The van der Waals surface area contributed by atoms with Gasteiger partial charge in [0.2, 0.25) is 0 Å². The number of hydrogen-bond donors (Lipinski definition) is 1. The Hall–Kier alpha value is -1.87. The average molecular weight is 344 g/mol. The van der Waals surface area contributed by atoms with E-state index in [1.807, 2.05) is 25.2 Å². The van der Waals surface area contributed by atoms with Crippen molar-refractivity contribution >= 4 is 5.97 Å². The molecule has 0 aromatic carbocycles. The standard InChI is InChI=1S/C22H32O3/c1-17(8-6-9-18(2)16-21(24)25-15-14-23)11-12-20-19(3)10-7-13-22(20,4)5/h6,8-9,11-12,16,23H,7,10,13-15H2,1-5H3/b9-6+,12-11+,17-8-,18-16+. The van der Waals surface area contributed by atoms with Gasteiger partial charge in [-0.3, -0.25) is 0 Å². The second-order valence-corrected chi connectivity index (χ2v) is 7.31. The van der Waals surface area contributed by atoms with E-state index in [-0.39, 0.29) is 18.6 Å². The van der Waals surface area contributed by atoms with E-state index < -0.39 is 5.97 Å². The number of carbonyl (C=O) groups is 1. The summed E-state index contributed by atoms with van der Waals surface area (Å²) in [5, 5.41) is 8.62. The van der Waals surface area contributed by atoms with Crippen LogP contribution in [0.2, 0.25) is 0 Å². The Labute approximate surface area is 152 Å². The molecule has 0 saturated carbocycles. The minimum Gasteiger partial charge on any atom is -0.460 e. The molecule has 0 saturated heterocycles. The molecule has 0 fully saturated rings. The van der Waals surface area contributed by atoms with Crippen LogP contribution in [-0.2, 0) is 9.53 Å². The third kappa shape index (κ3) is 7.70. The van der Waals surface area contributed by atoms with Gasteiger partial charge >= 0.3 is 5.97 Å². The molecule has 0 aromatic heterocycles. The Balaban J connectivity index is 2.69. The number of ether oxygens (including phenoxy) is 1. The van der Waals surface area contributed by atoms with Crippen molar-refractivity contribution < 1.29 is 14.6 Å². The monoisotopic (exact) mass is 344 g/mol.